The number of rotatable bonds is 3. The first-order valence-corrected chi connectivity index (χ1v) is 8.42. The Hall–Kier alpha value is -0.420. The van der Waals surface area contributed by atoms with Gasteiger partial charge < -0.3 is 5.32 Å². The second kappa shape index (κ2) is 6.14. The molecule has 0 unspecified atom stereocenters. The van der Waals surface area contributed by atoms with E-state index in [-0.39, 0.29) is 5.54 Å². The minimum absolute atomic E-state index is 0.111. The molecule has 0 saturated heterocycles. The van der Waals surface area contributed by atoms with Gasteiger partial charge in [-0.15, -0.1) is 11.3 Å². The van der Waals surface area contributed by atoms with Crippen LogP contribution in [0.5, 0.6) is 0 Å². The maximum atomic E-state index is 6.03. The summed E-state index contributed by atoms with van der Waals surface area (Å²) in [6, 6.07) is 5.92. The van der Waals surface area contributed by atoms with E-state index in [1.807, 2.05) is 18.2 Å². The van der Waals surface area contributed by atoms with Crippen LogP contribution in [0.3, 0.4) is 0 Å². The summed E-state index contributed by atoms with van der Waals surface area (Å²) in [5.41, 5.74) is 2.30. The lowest BCUT2D eigenvalue weighted by Gasteiger charge is -2.19. The van der Waals surface area contributed by atoms with E-state index in [9.17, 15) is 0 Å². The van der Waals surface area contributed by atoms with Crippen LogP contribution in [0.25, 0.3) is 10.6 Å². The maximum Gasteiger partial charge on any atom is 0.123 e. The van der Waals surface area contributed by atoms with Gasteiger partial charge in [-0.3, -0.25) is 0 Å². The topological polar surface area (TPSA) is 24.9 Å². The van der Waals surface area contributed by atoms with Crippen molar-refractivity contribution in [2.75, 3.05) is 0 Å². The molecule has 0 aliphatic carbocycles. The molecule has 0 bridgehead atoms. The molecule has 1 N–H and O–H groups in total. The van der Waals surface area contributed by atoms with Crippen LogP contribution in [0.4, 0.5) is 0 Å². The number of aryl methyl sites for hydroxylation is 1. The molecule has 0 aliphatic heterocycles. The fourth-order valence-electron chi connectivity index (χ4n) is 1.69. The van der Waals surface area contributed by atoms with Crippen molar-refractivity contribution in [3.05, 3.63) is 38.3 Å². The fraction of sp³-hybridized carbons (Fsp3) is 0.400. The van der Waals surface area contributed by atoms with E-state index in [1.54, 1.807) is 11.3 Å². The summed E-state index contributed by atoms with van der Waals surface area (Å²) in [5, 5.41) is 5.26. The predicted molar refractivity (Wildman–Crippen MR) is 91.6 cm³/mol. The summed E-state index contributed by atoms with van der Waals surface area (Å²) in [7, 11) is 0. The molecular weight excluding hydrogens is 356 g/mol. The lowest BCUT2D eigenvalue weighted by Crippen LogP contribution is -2.34. The zero-order valence-corrected chi connectivity index (χ0v) is 15.2. The van der Waals surface area contributed by atoms with Crippen molar-refractivity contribution in [2.45, 2.75) is 39.8 Å². The molecule has 1 aromatic heterocycles. The minimum Gasteiger partial charge on any atom is -0.307 e. The Balaban J connectivity index is 2.24. The van der Waals surface area contributed by atoms with Crippen LogP contribution < -0.4 is 5.32 Å². The van der Waals surface area contributed by atoms with Crippen molar-refractivity contribution >= 4 is 38.9 Å². The summed E-state index contributed by atoms with van der Waals surface area (Å²) in [6.45, 7) is 9.41. The first kappa shape index (κ1) is 16.0. The highest BCUT2D eigenvalue weighted by atomic mass is 79.9. The Labute approximate surface area is 137 Å². The third kappa shape index (κ3) is 4.04. The van der Waals surface area contributed by atoms with Gasteiger partial charge in [-0.1, -0.05) is 17.7 Å². The first-order valence-electron chi connectivity index (χ1n) is 6.43. The summed E-state index contributed by atoms with van der Waals surface area (Å²) in [6.07, 6.45) is 0. The SMILES string of the molecule is Cc1nc(-c2ccc(Cl)c(Br)c2)sc1CNC(C)(C)C. The highest BCUT2D eigenvalue weighted by molar-refractivity contribution is 9.10. The molecule has 2 aromatic rings. The molecule has 0 radical (unpaired) electrons. The van der Waals surface area contributed by atoms with E-state index in [1.165, 1.54) is 4.88 Å². The Bertz CT molecular complexity index is 617. The van der Waals surface area contributed by atoms with Crippen LogP contribution in [0.2, 0.25) is 5.02 Å². The molecule has 0 spiro atoms. The molecule has 1 aromatic carbocycles. The zero-order valence-electron chi connectivity index (χ0n) is 12.1. The Kier molecular flexibility index (Phi) is 4.90. The molecule has 2 rings (SSSR count). The minimum atomic E-state index is 0.111. The van der Waals surface area contributed by atoms with Crippen molar-refractivity contribution < 1.29 is 0 Å². The van der Waals surface area contributed by atoms with Crippen molar-refractivity contribution in [1.82, 2.24) is 10.3 Å². The lowest BCUT2D eigenvalue weighted by molar-refractivity contribution is 0.425. The van der Waals surface area contributed by atoms with E-state index >= 15 is 0 Å². The molecular formula is C15H18BrClN2S. The van der Waals surface area contributed by atoms with Crippen molar-refractivity contribution in [2.24, 2.45) is 0 Å². The van der Waals surface area contributed by atoms with Crippen LogP contribution >= 0.6 is 38.9 Å². The van der Waals surface area contributed by atoms with Crippen molar-refractivity contribution in [3.8, 4) is 10.6 Å². The molecule has 0 fully saturated rings. The predicted octanol–water partition coefficient (Wildman–Crippen LogP) is 5.42. The zero-order chi connectivity index (χ0) is 14.9. The molecule has 1 heterocycles. The standard InChI is InChI=1S/C15H18BrClN2S/c1-9-13(8-18-15(2,3)4)20-14(19-9)10-5-6-12(17)11(16)7-10/h5-7,18H,8H2,1-4H3. The average molecular weight is 374 g/mol. The van der Waals surface area contributed by atoms with Crippen molar-refractivity contribution in [3.63, 3.8) is 0 Å². The van der Waals surface area contributed by atoms with Gasteiger partial charge in [0, 0.05) is 27.0 Å². The van der Waals surface area contributed by atoms with Crippen LogP contribution in [0.15, 0.2) is 22.7 Å². The van der Waals surface area contributed by atoms with Gasteiger partial charge in [0.1, 0.15) is 5.01 Å². The number of nitrogens with zero attached hydrogens (tertiary/aromatic N) is 1. The third-order valence-corrected chi connectivity index (χ3v) is 5.26. The molecule has 2 nitrogen and oxygen atoms in total. The summed E-state index contributed by atoms with van der Waals surface area (Å²) in [4.78, 5) is 5.95. The molecule has 0 saturated carbocycles. The van der Waals surface area contributed by atoms with E-state index in [4.69, 9.17) is 11.6 Å². The lowest BCUT2D eigenvalue weighted by atomic mass is 10.1. The van der Waals surface area contributed by atoms with Crippen LogP contribution in [0, 0.1) is 6.92 Å². The van der Waals surface area contributed by atoms with Gasteiger partial charge in [-0.2, -0.15) is 0 Å². The van der Waals surface area contributed by atoms with Gasteiger partial charge in [-0.05, 0) is 55.8 Å². The second-order valence-electron chi connectivity index (χ2n) is 5.76. The number of halogens is 2. The number of nitrogens with one attached hydrogen (secondary N) is 1. The van der Waals surface area contributed by atoms with E-state index in [0.717, 1.165) is 32.3 Å². The number of hydrogen-bond acceptors (Lipinski definition) is 3. The Morgan fingerprint density at radius 1 is 1.35 bits per heavy atom. The van der Waals surface area contributed by atoms with E-state index in [0.29, 0.717) is 0 Å². The average Bonchev–Trinajstić information content (AvgIpc) is 2.71. The van der Waals surface area contributed by atoms with Gasteiger partial charge in [0.15, 0.2) is 0 Å². The van der Waals surface area contributed by atoms with Gasteiger partial charge >= 0.3 is 0 Å². The number of thiazole rings is 1. The van der Waals surface area contributed by atoms with Gasteiger partial charge in [0.25, 0.3) is 0 Å². The number of aromatic nitrogens is 1. The molecule has 0 atom stereocenters. The summed E-state index contributed by atoms with van der Waals surface area (Å²) < 4.78 is 0.902. The smallest absolute Gasteiger partial charge is 0.123 e. The molecule has 20 heavy (non-hydrogen) atoms. The summed E-state index contributed by atoms with van der Waals surface area (Å²) in [5.74, 6) is 0. The number of benzene rings is 1. The Morgan fingerprint density at radius 3 is 2.65 bits per heavy atom. The van der Waals surface area contributed by atoms with Crippen molar-refractivity contribution in [1.29, 1.82) is 0 Å². The van der Waals surface area contributed by atoms with Crippen LogP contribution in [-0.2, 0) is 6.54 Å². The fourth-order valence-corrected chi connectivity index (χ4v) is 3.18. The largest absolute Gasteiger partial charge is 0.307 e. The van der Waals surface area contributed by atoms with Crippen LogP contribution in [0.1, 0.15) is 31.3 Å². The van der Waals surface area contributed by atoms with Gasteiger partial charge in [0.2, 0.25) is 0 Å². The van der Waals surface area contributed by atoms with Gasteiger partial charge in [-0.25, -0.2) is 4.98 Å². The molecule has 0 amide bonds. The van der Waals surface area contributed by atoms with E-state index in [2.05, 4.69) is 53.9 Å². The third-order valence-electron chi connectivity index (χ3n) is 2.84. The Morgan fingerprint density at radius 2 is 2.05 bits per heavy atom. The monoisotopic (exact) mass is 372 g/mol. The summed E-state index contributed by atoms with van der Waals surface area (Å²) >= 11 is 11.2. The highest BCUT2D eigenvalue weighted by Gasteiger charge is 2.14. The molecule has 5 heteroatoms. The number of hydrogen-bond donors (Lipinski definition) is 1. The van der Waals surface area contributed by atoms with Gasteiger partial charge in [0.05, 0.1) is 10.7 Å². The van der Waals surface area contributed by atoms with Crippen LogP contribution in [-0.4, -0.2) is 10.5 Å². The molecule has 0 aliphatic rings. The normalized spacial score (nSPS) is 11.9. The quantitative estimate of drug-likeness (QED) is 0.776. The van der Waals surface area contributed by atoms with E-state index < -0.39 is 0 Å². The maximum absolute atomic E-state index is 6.03. The first-order chi connectivity index (χ1) is 9.26. The highest BCUT2D eigenvalue weighted by Crippen LogP contribution is 2.32. The molecule has 108 valence electrons. The second-order valence-corrected chi connectivity index (χ2v) is 8.11.